The van der Waals surface area contributed by atoms with Crippen LogP contribution < -0.4 is 10.6 Å². The molecule has 4 heteroatoms. The molecule has 1 saturated heterocycles. The Morgan fingerprint density at radius 3 is 2.89 bits per heavy atom. The molecule has 0 spiro atoms. The van der Waals surface area contributed by atoms with Gasteiger partial charge in [0, 0.05) is 31.7 Å². The summed E-state index contributed by atoms with van der Waals surface area (Å²) < 4.78 is 0. The molecule has 0 atom stereocenters. The summed E-state index contributed by atoms with van der Waals surface area (Å²) in [4.78, 5) is 14.1. The highest BCUT2D eigenvalue weighted by atomic mass is 16.1. The zero-order valence-electron chi connectivity index (χ0n) is 10.7. The van der Waals surface area contributed by atoms with Gasteiger partial charge in [-0.15, -0.1) is 0 Å². The van der Waals surface area contributed by atoms with Crippen LogP contribution in [0.1, 0.15) is 12.8 Å². The standard InChI is InChI=1S/C14H21N3O/c18-14(16-13-5-2-1-3-6-13)7-11-17-10-4-8-15-9-12-17/h1-3,5-6,15H,4,7-12H2,(H,16,18). The SMILES string of the molecule is O=C(CCN1CCCNCC1)Nc1ccccc1. The monoisotopic (exact) mass is 247 g/mol. The maximum atomic E-state index is 11.8. The van der Waals surface area contributed by atoms with E-state index in [2.05, 4.69) is 15.5 Å². The molecule has 1 amide bonds. The summed E-state index contributed by atoms with van der Waals surface area (Å²) in [6.45, 7) is 5.09. The summed E-state index contributed by atoms with van der Waals surface area (Å²) >= 11 is 0. The van der Waals surface area contributed by atoms with Gasteiger partial charge in [-0.2, -0.15) is 0 Å². The third kappa shape index (κ3) is 4.47. The Bertz CT molecular complexity index is 359. The third-order valence-corrected chi connectivity index (χ3v) is 3.15. The van der Waals surface area contributed by atoms with Crippen molar-refractivity contribution in [2.75, 3.05) is 38.0 Å². The van der Waals surface area contributed by atoms with E-state index in [-0.39, 0.29) is 5.91 Å². The summed E-state index contributed by atoms with van der Waals surface area (Å²) in [7, 11) is 0. The molecule has 2 N–H and O–H groups in total. The van der Waals surface area contributed by atoms with Crippen LogP contribution in [0.2, 0.25) is 0 Å². The molecular weight excluding hydrogens is 226 g/mol. The highest BCUT2D eigenvalue weighted by Crippen LogP contribution is 2.06. The van der Waals surface area contributed by atoms with Crippen molar-refractivity contribution in [1.82, 2.24) is 10.2 Å². The average molecular weight is 247 g/mol. The number of nitrogens with zero attached hydrogens (tertiary/aromatic N) is 1. The minimum atomic E-state index is 0.0957. The number of carbonyl (C=O) groups is 1. The van der Waals surface area contributed by atoms with Crippen molar-refractivity contribution in [2.24, 2.45) is 0 Å². The minimum Gasteiger partial charge on any atom is -0.326 e. The molecule has 1 aliphatic heterocycles. The first-order valence-corrected chi connectivity index (χ1v) is 6.62. The second-order valence-corrected chi connectivity index (χ2v) is 4.61. The first-order chi connectivity index (χ1) is 8.84. The molecule has 0 unspecified atom stereocenters. The van der Waals surface area contributed by atoms with E-state index in [9.17, 15) is 4.79 Å². The van der Waals surface area contributed by atoms with Crippen molar-refractivity contribution in [1.29, 1.82) is 0 Å². The number of amides is 1. The lowest BCUT2D eigenvalue weighted by atomic mass is 10.3. The van der Waals surface area contributed by atoms with Crippen LogP contribution in [0.25, 0.3) is 0 Å². The second-order valence-electron chi connectivity index (χ2n) is 4.61. The number of para-hydroxylation sites is 1. The van der Waals surface area contributed by atoms with E-state index in [4.69, 9.17) is 0 Å². The van der Waals surface area contributed by atoms with Crippen LogP contribution in [-0.4, -0.2) is 43.5 Å². The number of nitrogens with one attached hydrogen (secondary N) is 2. The molecule has 0 aromatic heterocycles. The molecule has 1 heterocycles. The van der Waals surface area contributed by atoms with Crippen LogP contribution in [0, 0.1) is 0 Å². The van der Waals surface area contributed by atoms with Crippen LogP contribution in [0.4, 0.5) is 5.69 Å². The molecule has 18 heavy (non-hydrogen) atoms. The zero-order chi connectivity index (χ0) is 12.6. The lowest BCUT2D eigenvalue weighted by Gasteiger charge is -2.18. The maximum absolute atomic E-state index is 11.8. The number of rotatable bonds is 4. The quantitative estimate of drug-likeness (QED) is 0.843. The number of anilines is 1. The molecule has 1 aromatic rings. The molecular formula is C14H21N3O. The van der Waals surface area contributed by atoms with E-state index < -0.39 is 0 Å². The Balaban J connectivity index is 1.71. The molecule has 0 bridgehead atoms. The van der Waals surface area contributed by atoms with E-state index in [1.807, 2.05) is 30.3 Å². The van der Waals surface area contributed by atoms with Crippen molar-refractivity contribution in [2.45, 2.75) is 12.8 Å². The molecule has 4 nitrogen and oxygen atoms in total. The van der Waals surface area contributed by atoms with Gasteiger partial charge in [0.15, 0.2) is 0 Å². The van der Waals surface area contributed by atoms with Gasteiger partial charge >= 0.3 is 0 Å². The molecule has 98 valence electrons. The van der Waals surface area contributed by atoms with E-state index in [1.54, 1.807) is 0 Å². The highest BCUT2D eigenvalue weighted by Gasteiger charge is 2.10. The van der Waals surface area contributed by atoms with E-state index in [0.717, 1.165) is 38.4 Å². The largest absolute Gasteiger partial charge is 0.326 e. The summed E-state index contributed by atoms with van der Waals surface area (Å²) in [5.74, 6) is 0.0957. The van der Waals surface area contributed by atoms with Gasteiger partial charge in [-0.1, -0.05) is 18.2 Å². The van der Waals surface area contributed by atoms with Crippen molar-refractivity contribution >= 4 is 11.6 Å². The molecule has 0 saturated carbocycles. The van der Waals surface area contributed by atoms with Crippen molar-refractivity contribution in [3.8, 4) is 0 Å². The fourth-order valence-corrected chi connectivity index (χ4v) is 2.13. The minimum absolute atomic E-state index is 0.0957. The van der Waals surface area contributed by atoms with E-state index in [0.29, 0.717) is 6.42 Å². The average Bonchev–Trinajstić information content (AvgIpc) is 2.66. The van der Waals surface area contributed by atoms with Crippen LogP contribution in [0.5, 0.6) is 0 Å². The van der Waals surface area contributed by atoms with Crippen molar-refractivity contribution in [3.05, 3.63) is 30.3 Å². The molecule has 0 aliphatic carbocycles. The molecule has 1 aliphatic rings. The van der Waals surface area contributed by atoms with Crippen LogP contribution in [0.15, 0.2) is 30.3 Å². The van der Waals surface area contributed by atoms with Gasteiger partial charge in [-0.25, -0.2) is 0 Å². The summed E-state index contributed by atoms with van der Waals surface area (Å²) in [6.07, 6.45) is 1.73. The van der Waals surface area contributed by atoms with Gasteiger partial charge in [0.25, 0.3) is 0 Å². The van der Waals surface area contributed by atoms with Crippen LogP contribution in [0.3, 0.4) is 0 Å². The lowest BCUT2D eigenvalue weighted by Crippen LogP contribution is -2.31. The summed E-state index contributed by atoms with van der Waals surface area (Å²) in [6, 6.07) is 9.62. The normalized spacial score (nSPS) is 17.1. The van der Waals surface area contributed by atoms with Gasteiger partial charge in [-0.3, -0.25) is 4.79 Å². The Morgan fingerprint density at radius 2 is 2.06 bits per heavy atom. The fraction of sp³-hybridized carbons (Fsp3) is 0.500. The lowest BCUT2D eigenvalue weighted by molar-refractivity contribution is -0.116. The van der Waals surface area contributed by atoms with Crippen LogP contribution >= 0.6 is 0 Å². The predicted molar refractivity (Wildman–Crippen MR) is 73.6 cm³/mol. The first-order valence-electron chi connectivity index (χ1n) is 6.62. The fourth-order valence-electron chi connectivity index (χ4n) is 2.13. The van der Waals surface area contributed by atoms with Gasteiger partial charge < -0.3 is 15.5 Å². The Labute approximate surface area is 108 Å². The highest BCUT2D eigenvalue weighted by molar-refractivity contribution is 5.90. The summed E-state index contributed by atoms with van der Waals surface area (Å²) in [5.41, 5.74) is 0.875. The first kappa shape index (κ1) is 13.1. The third-order valence-electron chi connectivity index (χ3n) is 3.15. The maximum Gasteiger partial charge on any atom is 0.225 e. The van der Waals surface area contributed by atoms with Gasteiger partial charge in [-0.05, 0) is 31.6 Å². The van der Waals surface area contributed by atoms with Crippen molar-refractivity contribution in [3.63, 3.8) is 0 Å². The van der Waals surface area contributed by atoms with Crippen LogP contribution in [-0.2, 0) is 4.79 Å². The number of carbonyl (C=O) groups excluding carboxylic acids is 1. The Kier molecular flexibility index (Phi) is 5.17. The van der Waals surface area contributed by atoms with Gasteiger partial charge in [0.2, 0.25) is 5.91 Å². The molecule has 1 aromatic carbocycles. The topological polar surface area (TPSA) is 44.4 Å². The van der Waals surface area contributed by atoms with E-state index >= 15 is 0 Å². The second kappa shape index (κ2) is 7.13. The predicted octanol–water partition coefficient (Wildman–Crippen LogP) is 1.31. The number of hydrogen-bond acceptors (Lipinski definition) is 3. The van der Waals surface area contributed by atoms with Gasteiger partial charge in [0.05, 0.1) is 0 Å². The smallest absolute Gasteiger partial charge is 0.225 e. The Hall–Kier alpha value is -1.39. The van der Waals surface area contributed by atoms with E-state index in [1.165, 1.54) is 6.42 Å². The number of hydrogen-bond donors (Lipinski definition) is 2. The molecule has 0 radical (unpaired) electrons. The number of benzene rings is 1. The summed E-state index contributed by atoms with van der Waals surface area (Å²) in [5, 5.41) is 6.28. The van der Waals surface area contributed by atoms with Crippen molar-refractivity contribution < 1.29 is 4.79 Å². The van der Waals surface area contributed by atoms with Gasteiger partial charge in [0.1, 0.15) is 0 Å². The molecule has 2 rings (SSSR count). The zero-order valence-corrected chi connectivity index (χ0v) is 10.7. The molecule has 1 fully saturated rings. The Morgan fingerprint density at radius 1 is 1.22 bits per heavy atom.